The molecule has 0 aromatic rings. The minimum Gasteiger partial charge on any atom is -0.223 e. The molecule has 0 aliphatic heterocycles. The first-order valence-corrected chi connectivity index (χ1v) is 6.01. The summed E-state index contributed by atoms with van der Waals surface area (Å²) >= 11 is 0. The third-order valence-corrected chi connectivity index (χ3v) is 2.23. The zero-order valence-electron chi connectivity index (χ0n) is 10.1. The molecule has 0 atom stereocenters. The molecule has 0 unspecified atom stereocenters. The van der Waals surface area contributed by atoms with Crippen molar-refractivity contribution in [1.29, 1.82) is 0 Å². The monoisotopic (exact) mass is 215 g/mol. The number of hydrogen-bond acceptors (Lipinski definition) is 0. The van der Waals surface area contributed by atoms with E-state index in [0.29, 0.717) is 0 Å². The van der Waals surface area contributed by atoms with Gasteiger partial charge in [0.05, 0.1) is 0 Å². The van der Waals surface area contributed by atoms with Crippen molar-refractivity contribution in [3.8, 4) is 35.7 Å². The maximum Gasteiger partial charge on any atom is 0.186 e. The third-order valence-electron chi connectivity index (χ3n) is 2.23. The predicted octanol–water partition coefficient (Wildman–Crippen LogP) is 3.53. The Hall–Kier alpha value is -1.52. The smallest absolute Gasteiger partial charge is 0.186 e. The van der Waals surface area contributed by atoms with Crippen molar-refractivity contribution >= 4 is 0 Å². The Balaban J connectivity index is 3.26. The topological polar surface area (TPSA) is 19.9 Å². The van der Waals surface area contributed by atoms with Gasteiger partial charge in [0.1, 0.15) is 0 Å². The summed E-state index contributed by atoms with van der Waals surface area (Å²) in [5.74, 6) is 12.6. The molecule has 0 N–H and O–H groups in total. The summed E-state index contributed by atoms with van der Waals surface area (Å²) in [4.78, 5) is 0. The zero-order valence-corrected chi connectivity index (χ0v) is 10.1. The lowest BCUT2D eigenvalue weighted by molar-refractivity contribution is 0.392. The molecule has 0 bridgehead atoms. The van der Waals surface area contributed by atoms with Crippen molar-refractivity contribution in [2.24, 2.45) is 0 Å². The van der Waals surface area contributed by atoms with Crippen LogP contribution in [0.15, 0.2) is 0 Å². The summed E-state index contributed by atoms with van der Waals surface area (Å²) < 4.78 is 0. The molecule has 0 aliphatic rings. The molecule has 0 saturated heterocycles. The highest BCUT2D eigenvalue weighted by atomic mass is 16.2. The molecule has 0 aliphatic carbocycles. The lowest BCUT2D eigenvalue weighted by atomic mass is 10.1. The predicted molar refractivity (Wildman–Crippen MR) is 66.6 cm³/mol. The molecular weight excluding hydrogens is 196 g/mol. The summed E-state index contributed by atoms with van der Waals surface area (Å²) in [6, 6.07) is 0. The lowest BCUT2D eigenvalue weighted by Crippen LogP contribution is -1.78. The zero-order chi connectivity index (χ0) is 11.9. The van der Waals surface area contributed by atoms with Crippen LogP contribution >= 0.6 is 0 Å². The van der Waals surface area contributed by atoms with E-state index in [1.807, 2.05) is 0 Å². The molecular formula is C15H19O. The Bertz CT molecular complexity index is 322. The quantitative estimate of drug-likeness (QED) is 0.457. The molecule has 0 fully saturated rings. The van der Waals surface area contributed by atoms with E-state index in [9.17, 15) is 5.11 Å². The molecule has 0 heterocycles. The summed E-state index contributed by atoms with van der Waals surface area (Å²) in [5.41, 5.74) is 0. The minimum absolute atomic E-state index is 0.896. The van der Waals surface area contributed by atoms with Crippen molar-refractivity contribution < 1.29 is 5.11 Å². The molecule has 0 aromatic heterocycles. The van der Waals surface area contributed by atoms with Gasteiger partial charge in [0.15, 0.2) is 6.11 Å². The molecule has 0 rings (SSSR count). The first-order chi connectivity index (χ1) is 7.91. The highest BCUT2D eigenvalue weighted by Crippen LogP contribution is 2.07. The van der Waals surface area contributed by atoms with Gasteiger partial charge in [-0.25, -0.2) is 5.11 Å². The number of unbranched alkanes of at least 4 members (excludes halogenated alkanes) is 7. The van der Waals surface area contributed by atoms with E-state index in [0.717, 1.165) is 12.8 Å². The first kappa shape index (κ1) is 14.5. The van der Waals surface area contributed by atoms with E-state index >= 15 is 0 Å². The summed E-state index contributed by atoms with van der Waals surface area (Å²) in [6.45, 7) is 2.23. The Kier molecular flexibility index (Phi) is 12.2. The molecule has 0 spiro atoms. The van der Waals surface area contributed by atoms with Crippen LogP contribution in [0.3, 0.4) is 0 Å². The Morgan fingerprint density at radius 1 is 0.750 bits per heavy atom. The average Bonchev–Trinajstić information content (AvgIpc) is 2.31. The van der Waals surface area contributed by atoms with Crippen LogP contribution in [0.4, 0.5) is 0 Å². The van der Waals surface area contributed by atoms with Crippen LogP contribution in [0.25, 0.3) is 0 Å². The Labute approximate surface area is 99.6 Å². The van der Waals surface area contributed by atoms with Gasteiger partial charge >= 0.3 is 0 Å². The second-order valence-electron chi connectivity index (χ2n) is 3.65. The average molecular weight is 215 g/mol. The summed E-state index contributed by atoms with van der Waals surface area (Å²) in [7, 11) is 0. The largest absolute Gasteiger partial charge is 0.223 e. The lowest BCUT2D eigenvalue weighted by Gasteiger charge is -1.97. The second-order valence-corrected chi connectivity index (χ2v) is 3.65. The Morgan fingerprint density at radius 3 is 2.06 bits per heavy atom. The van der Waals surface area contributed by atoms with Gasteiger partial charge in [-0.3, -0.25) is 0 Å². The molecule has 0 aromatic carbocycles. The Morgan fingerprint density at radius 2 is 1.38 bits per heavy atom. The van der Waals surface area contributed by atoms with E-state index in [-0.39, 0.29) is 0 Å². The highest BCUT2D eigenvalue weighted by Gasteiger charge is 1.88. The van der Waals surface area contributed by atoms with Gasteiger partial charge in [-0.1, -0.05) is 51.4 Å². The van der Waals surface area contributed by atoms with E-state index < -0.39 is 0 Å². The van der Waals surface area contributed by atoms with Gasteiger partial charge in [-0.05, 0) is 18.3 Å². The van der Waals surface area contributed by atoms with Crippen LogP contribution in [0.1, 0.15) is 58.3 Å². The minimum atomic E-state index is 0.896. The van der Waals surface area contributed by atoms with Gasteiger partial charge in [0.2, 0.25) is 0 Å². The second kappa shape index (κ2) is 13.5. The van der Waals surface area contributed by atoms with Crippen molar-refractivity contribution in [2.75, 3.05) is 0 Å². The van der Waals surface area contributed by atoms with E-state index in [1.165, 1.54) is 44.6 Å². The fraction of sp³-hybridized carbons (Fsp3) is 0.600. The van der Waals surface area contributed by atoms with E-state index in [4.69, 9.17) is 0 Å². The summed E-state index contributed by atoms with van der Waals surface area (Å²) in [6.07, 6.45) is 11.4. The van der Waals surface area contributed by atoms with Crippen LogP contribution in [-0.2, 0) is 5.11 Å². The normalized spacial score (nSPS) is 7.81. The maximum absolute atomic E-state index is 9.70. The van der Waals surface area contributed by atoms with Crippen LogP contribution in [-0.4, -0.2) is 0 Å². The van der Waals surface area contributed by atoms with Crippen molar-refractivity contribution in [3.63, 3.8) is 0 Å². The molecule has 0 amide bonds. The van der Waals surface area contributed by atoms with Crippen molar-refractivity contribution in [1.82, 2.24) is 0 Å². The van der Waals surface area contributed by atoms with Crippen molar-refractivity contribution in [3.05, 3.63) is 0 Å². The van der Waals surface area contributed by atoms with Crippen LogP contribution < -0.4 is 0 Å². The molecule has 1 radical (unpaired) electrons. The molecule has 16 heavy (non-hydrogen) atoms. The van der Waals surface area contributed by atoms with Crippen molar-refractivity contribution in [2.45, 2.75) is 58.3 Å². The first-order valence-electron chi connectivity index (χ1n) is 6.01. The van der Waals surface area contributed by atoms with Crippen LogP contribution in [0, 0.1) is 35.7 Å². The van der Waals surface area contributed by atoms with Gasteiger partial charge < -0.3 is 0 Å². The van der Waals surface area contributed by atoms with Crippen LogP contribution in [0.2, 0.25) is 0 Å². The fourth-order valence-corrected chi connectivity index (χ4v) is 1.37. The molecule has 85 valence electrons. The maximum atomic E-state index is 9.70. The van der Waals surface area contributed by atoms with Gasteiger partial charge in [0, 0.05) is 18.3 Å². The van der Waals surface area contributed by atoms with Gasteiger partial charge in [0.25, 0.3) is 0 Å². The third kappa shape index (κ3) is 12.5. The summed E-state index contributed by atoms with van der Waals surface area (Å²) in [5, 5.41) is 9.70. The molecule has 0 saturated carbocycles. The number of hydrogen-bond donors (Lipinski definition) is 0. The van der Waals surface area contributed by atoms with E-state index in [1.54, 1.807) is 0 Å². The molecule has 1 nitrogen and oxygen atoms in total. The van der Waals surface area contributed by atoms with Gasteiger partial charge in [-0.15, -0.1) is 0 Å². The number of rotatable bonds is 7. The van der Waals surface area contributed by atoms with Gasteiger partial charge in [-0.2, -0.15) is 0 Å². The highest BCUT2D eigenvalue weighted by molar-refractivity contribution is 5.34. The van der Waals surface area contributed by atoms with E-state index in [2.05, 4.69) is 36.5 Å². The van der Waals surface area contributed by atoms with Crippen LogP contribution in [0.5, 0.6) is 0 Å². The SMILES string of the molecule is CCCCCCCCCC#CC#CC#C[O]. The fourth-order valence-electron chi connectivity index (χ4n) is 1.37. The molecule has 1 heteroatoms. The standard InChI is InChI=1S/C15H19O/c1-2-3-4-5-6-7-8-9-10-11-12-13-14-15-16/h2-9H2,1H3.